The number of hydrogen-bond donors (Lipinski definition) is 3. The molecular weight excluding hydrogens is 183 g/mol. The molecule has 7 heteroatoms. The van der Waals surface area contributed by atoms with E-state index in [2.05, 4.69) is 0 Å². The van der Waals surface area contributed by atoms with Gasteiger partial charge in [-0.25, -0.2) is 4.57 Å². The molecule has 0 radical (unpaired) electrons. The summed E-state index contributed by atoms with van der Waals surface area (Å²) in [6.07, 6.45) is 0. The summed E-state index contributed by atoms with van der Waals surface area (Å²) in [5.41, 5.74) is 0. The third-order valence-electron chi connectivity index (χ3n) is 0.408. The first-order valence-corrected chi connectivity index (χ1v) is 4.34. The molecule has 11 heavy (non-hydrogen) atoms. The first-order valence-electron chi connectivity index (χ1n) is 2.77. The van der Waals surface area contributed by atoms with Crippen LogP contribution in [0.1, 0.15) is 16.7 Å². The minimum absolute atomic E-state index is 0. The zero-order chi connectivity index (χ0) is 8.62. The summed E-state index contributed by atoms with van der Waals surface area (Å²) in [5.74, 6) is 0. The quantitative estimate of drug-likeness (QED) is 0.428. The van der Waals surface area contributed by atoms with E-state index >= 15 is 0 Å². The second-order valence-corrected chi connectivity index (χ2v) is 2.32. The zero-order valence-corrected chi connectivity index (χ0v) is 9.04. The Balaban J connectivity index is -0.0000000267. The average Bonchev–Trinajstić information content (AvgIpc) is 1.63. The molecule has 0 saturated carbocycles. The van der Waals surface area contributed by atoms with Gasteiger partial charge in [-0.05, 0) is 13.8 Å². The van der Waals surface area contributed by atoms with Crippen molar-refractivity contribution in [2.45, 2.75) is 13.8 Å². The molecule has 0 atom stereocenters. The first kappa shape index (κ1) is 17.8. The second kappa shape index (κ2) is 10.8. The van der Waals surface area contributed by atoms with Crippen molar-refractivity contribution in [3.8, 4) is 0 Å². The largest absolute Gasteiger partial charge is 2.00 e. The molecular formula is C4H15MgO5P. The van der Waals surface area contributed by atoms with Crippen molar-refractivity contribution in [3.05, 3.63) is 0 Å². The molecule has 0 unspecified atom stereocenters. The fourth-order valence-electron chi connectivity index (χ4n) is 0.204. The maximum atomic E-state index is 8.88. The van der Waals surface area contributed by atoms with Gasteiger partial charge in [0.05, 0.1) is 0 Å². The third-order valence-corrected chi connectivity index (χ3v) is 0.408. The standard InChI is InChI=1S/C4H10O.Mg.H3O4P.2H/c1-3-5-4-2;;1-5(2,3)4;;/h3-4H2,1-2H3;;(H3,1,2,3,4);;/q;+2;;2*-1. The maximum Gasteiger partial charge on any atom is 2.00 e. The molecule has 5 nitrogen and oxygen atoms in total. The van der Waals surface area contributed by atoms with Crippen molar-refractivity contribution in [2.75, 3.05) is 13.2 Å². The van der Waals surface area contributed by atoms with E-state index in [4.69, 9.17) is 24.0 Å². The Morgan fingerprint density at radius 3 is 1.45 bits per heavy atom. The van der Waals surface area contributed by atoms with Crippen LogP contribution in [-0.4, -0.2) is 50.9 Å². The molecule has 0 bridgehead atoms. The topological polar surface area (TPSA) is 87.0 Å². The number of hydrogen-bond acceptors (Lipinski definition) is 2. The summed E-state index contributed by atoms with van der Waals surface area (Å²) in [4.78, 5) is 21.6. The molecule has 0 aliphatic rings. The van der Waals surface area contributed by atoms with Crippen LogP contribution in [0.25, 0.3) is 0 Å². The van der Waals surface area contributed by atoms with Gasteiger partial charge in [0.25, 0.3) is 0 Å². The van der Waals surface area contributed by atoms with E-state index in [1.807, 2.05) is 13.8 Å². The molecule has 3 N–H and O–H groups in total. The van der Waals surface area contributed by atoms with Crippen LogP contribution >= 0.6 is 7.82 Å². The van der Waals surface area contributed by atoms with Gasteiger partial charge in [0, 0.05) is 13.2 Å². The minimum Gasteiger partial charge on any atom is -1.00 e. The van der Waals surface area contributed by atoms with Gasteiger partial charge in [0.15, 0.2) is 0 Å². The molecule has 0 heterocycles. The van der Waals surface area contributed by atoms with Crippen molar-refractivity contribution < 1.29 is 26.8 Å². The van der Waals surface area contributed by atoms with Crippen molar-refractivity contribution >= 4 is 30.9 Å². The van der Waals surface area contributed by atoms with Gasteiger partial charge in [-0.2, -0.15) is 0 Å². The zero-order valence-electron chi connectivity index (χ0n) is 8.73. The normalized spacial score (nSPS) is 9.18. The summed E-state index contributed by atoms with van der Waals surface area (Å²) in [7, 11) is -4.64. The van der Waals surface area contributed by atoms with Gasteiger partial charge in [-0.15, -0.1) is 0 Å². The molecule has 0 saturated heterocycles. The predicted molar refractivity (Wildman–Crippen MR) is 44.4 cm³/mol. The van der Waals surface area contributed by atoms with Crippen LogP contribution in [0.5, 0.6) is 0 Å². The number of rotatable bonds is 2. The van der Waals surface area contributed by atoms with Gasteiger partial charge in [0.1, 0.15) is 0 Å². The van der Waals surface area contributed by atoms with Crippen LogP contribution in [-0.2, 0) is 9.30 Å². The van der Waals surface area contributed by atoms with Gasteiger partial charge >= 0.3 is 30.9 Å². The monoisotopic (exact) mass is 198 g/mol. The minimum atomic E-state index is -4.64. The molecule has 0 aromatic carbocycles. The Morgan fingerprint density at radius 2 is 1.45 bits per heavy atom. The van der Waals surface area contributed by atoms with E-state index in [9.17, 15) is 0 Å². The fourth-order valence-corrected chi connectivity index (χ4v) is 0.204. The summed E-state index contributed by atoms with van der Waals surface area (Å²) in [5, 5.41) is 0. The average molecular weight is 198 g/mol. The van der Waals surface area contributed by atoms with Crippen LogP contribution in [0.15, 0.2) is 0 Å². The fraction of sp³-hybridized carbons (Fsp3) is 1.00. The Hall–Kier alpha value is 0.836. The van der Waals surface area contributed by atoms with Gasteiger partial charge in [0.2, 0.25) is 0 Å². The molecule has 0 aliphatic carbocycles. The number of phosphoric acid groups is 1. The third kappa shape index (κ3) is 105. The van der Waals surface area contributed by atoms with Crippen LogP contribution in [0.2, 0.25) is 0 Å². The van der Waals surface area contributed by atoms with E-state index in [0.717, 1.165) is 13.2 Å². The van der Waals surface area contributed by atoms with Crippen molar-refractivity contribution in [2.24, 2.45) is 0 Å². The summed E-state index contributed by atoms with van der Waals surface area (Å²) in [6, 6.07) is 0. The molecule has 0 aromatic heterocycles. The molecule has 0 fully saturated rings. The maximum absolute atomic E-state index is 8.88. The molecule has 0 spiro atoms. The SMILES string of the molecule is CCOCC.O=P(O)(O)O.[H-].[H-].[Mg+2]. The van der Waals surface area contributed by atoms with E-state index < -0.39 is 7.82 Å². The van der Waals surface area contributed by atoms with Crippen LogP contribution in [0.3, 0.4) is 0 Å². The molecule has 0 rings (SSSR count). The Kier molecular flexibility index (Phi) is 17.5. The molecule has 0 aliphatic heterocycles. The molecule has 0 aromatic rings. The summed E-state index contributed by atoms with van der Waals surface area (Å²) < 4.78 is 13.7. The first-order chi connectivity index (χ1) is 4.41. The van der Waals surface area contributed by atoms with Crippen molar-refractivity contribution in [1.29, 1.82) is 0 Å². The predicted octanol–water partition coefficient (Wildman–Crippen LogP) is -0.0416. The van der Waals surface area contributed by atoms with E-state index in [-0.39, 0.29) is 25.9 Å². The van der Waals surface area contributed by atoms with E-state index in [1.165, 1.54) is 0 Å². The van der Waals surface area contributed by atoms with Crippen LogP contribution in [0.4, 0.5) is 0 Å². The Morgan fingerprint density at radius 1 is 1.27 bits per heavy atom. The van der Waals surface area contributed by atoms with E-state index in [0.29, 0.717) is 0 Å². The number of ether oxygens (including phenoxy) is 1. The van der Waals surface area contributed by atoms with Gasteiger partial charge < -0.3 is 22.3 Å². The van der Waals surface area contributed by atoms with E-state index in [1.54, 1.807) is 0 Å². The summed E-state index contributed by atoms with van der Waals surface area (Å²) in [6.45, 7) is 5.67. The Labute approximate surface area is 85.1 Å². The molecule has 0 amide bonds. The smallest absolute Gasteiger partial charge is 1.00 e. The molecule has 68 valence electrons. The summed E-state index contributed by atoms with van der Waals surface area (Å²) >= 11 is 0. The van der Waals surface area contributed by atoms with Crippen LogP contribution < -0.4 is 0 Å². The van der Waals surface area contributed by atoms with Gasteiger partial charge in [-0.1, -0.05) is 0 Å². The van der Waals surface area contributed by atoms with Crippen molar-refractivity contribution in [3.63, 3.8) is 0 Å². The Bertz CT molecular complexity index is 100. The van der Waals surface area contributed by atoms with Crippen molar-refractivity contribution in [1.82, 2.24) is 0 Å². The van der Waals surface area contributed by atoms with Crippen LogP contribution in [0, 0.1) is 0 Å². The second-order valence-electron chi connectivity index (χ2n) is 1.29. The van der Waals surface area contributed by atoms with Gasteiger partial charge in [-0.3, -0.25) is 0 Å².